The molecule has 6 heteroatoms. The molecule has 6 nitrogen and oxygen atoms in total. The molecule has 0 heterocycles. The Balaban J connectivity index is 4.17. The van der Waals surface area contributed by atoms with Crippen LogP contribution in [0.4, 0.5) is 0 Å². The summed E-state index contributed by atoms with van der Waals surface area (Å²) in [5.41, 5.74) is 0. The summed E-state index contributed by atoms with van der Waals surface area (Å²) in [5, 5.41) is 0. The zero-order valence-electron chi connectivity index (χ0n) is 56.5. The molecule has 0 aliphatic rings. The van der Waals surface area contributed by atoms with Crippen LogP contribution < -0.4 is 0 Å². The van der Waals surface area contributed by atoms with E-state index in [1.54, 1.807) is 0 Å². The standard InChI is InChI=1S/C77H146O6/c1-4-7-10-13-16-19-22-25-27-29-31-33-35-36-37-38-39-40-42-43-45-47-49-52-55-58-61-64-67-70-76(79)82-73-74(72-81-75(78)69-66-63-60-57-54-51-24-21-18-15-12-9-6-3)83-77(80)71-68-65-62-59-56-53-50-48-46-44-41-34-32-30-28-26-23-20-17-14-11-8-5-2/h23,26,30,32,74H,4-22,24-25,27-29,31,33-73H2,1-3H3/b26-23-,32-30-. The molecule has 0 spiro atoms. The Morgan fingerprint density at radius 2 is 0.434 bits per heavy atom. The van der Waals surface area contributed by atoms with E-state index in [2.05, 4.69) is 45.1 Å². The van der Waals surface area contributed by atoms with E-state index in [0.717, 1.165) is 64.2 Å². The second kappa shape index (κ2) is 72.4. The van der Waals surface area contributed by atoms with E-state index < -0.39 is 6.10 Å². The van der Waals surface area contributed by atoms with E-state index in [0.29, 0.717) is 19.3 Å². The van der Waals surface area contributed by atoms with Gasteiger partial charge in [-0.1, -0.05) is 385 Å². The Morgan fingerprint density at radius 3 is 0.663 bits per heavy atom. The van der Waals surface area contributed by atoms with Crippen LogP contribution >= 0.6 is 0 Å². The molecule has 83 heavy (non-hydrogen) atoms. The molecule has 0 aromatic heterocycles. The molecule has 0 amide bonds. The van der Waals surface area contributed by atoms with Gasteiger partial charge in [-0.15, -0.1) is 0 Å². The molecule has 0 aliphatic heterocycles. The SMILES string of the molecule is CCCCCCC/C=C\C/C=C\CCCCCCCCCCCCCC(=O)OC(COC(=O)CCCCCCCCCCCCCCC)COC(=O)CCCCCCCCCCCCCCCCCCCCCCCCCCCCCCC. The Bertz CT molecular complexity index is 1340. The van der Waals surface area contributed by atoms with E-state index in [9.17, 15) is 14.4 Å². The van der Waals surface area contributed by atoms with Gasteiger partial charge in [0, 0.05) is 19.3 Å². The third-order valence-electron chi connectivity index (χ3n) is 17.5. The van der Waals surface area contributed by atoms with E-state index in [-0.39, 0.29) is 31.1 Å². The highest BCUT2D eigenvalue weighted by atomic mass is 16.6. The lowest BCUT2D eigenvalue weighted by Crippen LogP contribution is -2.30. The molecule has 0 bridgehead atoms. The van der Waals surface area contributed by atoms with Crippen LogP contribution in [0.5, 0.6) is 0 Å². The normalized spacial score (nSPS) is 12.1. The molecule has 0 fully saturated rings. The summed E-state index contributed by atoms with van der Waals surface area (Å²) >= 11 is 0. The summed E-state index contributed by atoms with van der Waals surface area (Å²) < 4.78 is 17.0. The largest absolute Gasteiger partial charge is 0.462 e. The molecular weight excluding hydrogens is 1020 g/mol. The highest BCUT2D eigenvalue weighted by Crippen LogP contribution is 2.19. The third kappa shape index (κ3) is 70.5. The van der Waals surface area contributed by atoms with Crippen LogP contribution in [-0.2, 0) is 28.6 Å². The molecule has 0 aliphatic carbocycles. The van der Waals surface area contributed by atoms with Gasteiger partial charge < -0.3 is 14.2 Å². The zero-order chi connectivity index (χ0) is 59.9. The summed E-state index contributed by atoms with van der Waals surface area (Å²) in [5.74, 6) is -0.832. The molecule has 490 valence electrons. The van der Waals surface area contributed by atoms with Crippen molar-refractivity contribution >= 4 is 17.9 Å². The van der Waals surface area contributed by atoms with Gasteiger partial charge in [0.15, 0.2) is 6.10 Å². The average Bonchev–Trinajstić information content (AvgIpc) is 3.49. The van der Waals surface area contributed by atoms with Crippen molar-refractivity contribution in [3.8, 4) is 0 Å². The minimum Gasteiger partial charge on any atom is -0.462 e. The number of hydrogen-bond acceptors (Lipinski definition) is 6. The number of esters is 3. The number of unbranched alkanes of at least 4 members (excludes halogenated alkanes) is 56. The first-order chi connectivity index (χ1) is 41.0. The van der Waals surface area contributed by atoms with E-state index in [1.807, 2.05) is 0 Å². The van der Waals surface area contributed by atoms with Crippen LogP contribution in [0.25, 0.3) is 0 Å². The number of rotatable bonds is 71. The number of ether oxygens (including phenoxy) is 3. The van der Waals surface area contributed by atoms with E-state index in [4.69, 9.17) is 14.2 Å². The highest BCUT2D eigenvalue weighted by Gasteiger charge is 2.20. The van der Waals surface area contributed by atoms with Crippen molar-refractivity contribution in [3.63, 3.8) is 0 Å². The van der Waals surface area contributed by atoms with Crippen molar-refractivity contribution in [1.82, 2.24) is 0 Å². The van der Waals surface area contributed by atoms with Crippen LogP contribution in [0.15, 0.2) is 24.3 Å². The Labute approximate surface area is 519 Å². The van der Waals surface area contributed by atoms with E-state index >= 15 is 0 Å². The zero-order valence-corrected chi connectivity index (χ0v) is 56.5. The van der Waals surface area contributed by atoms with Gasteiger partial charge in [0.2, 0.25) is 0 Å². The molecule has 0 rings (SSSR count). The molecule has 0 aromatic carbocycles. The maximum absolute atomic E-state index is 13.0. The van der Waals surface area contributed by atoms with Crippen molar-refractivity contribution < 1.29 is 28.6 Å². The lowest BCUT2D eigenvalue weighted by Gasteiger charge is -2.18. The van der Waals surface area contributed by atoms with Gasteiger partial charge in [0.25, 0.3) is 0 Å². The van der Waals surface area contributed by atoms with Gasteiger partial charge in [-0.25, -0.2) is 0 Å². The number of hydrogen-bond donors (Lipinski definition) is 0. The topological polar surface area (TPSA) is 78.9 Å². The van der Waals surface area contributed by atoms with Crippen LogP contribution in [-0.4, -0.2) is 37.2 Å². The summed E-state index contributed by atoms with van der Waals surface area (Å²) in [4.78, 5) is 38.5. The van der Waals surface area contributed by atoms with E-state index in [1.165, 1.54) is 327 Å². The van der Waals surface area contributed by atoms with Gasteiger partial charge in [0.1, 0.15) is 13.2 Å². The van der Waals surface area contributed by atoms with Crippen molar-refractivity contribution in [3.05, 3.63) is 24.3 Å². The smallest absolute Gasteiger partial charge is 0.306 e. The fourth-order valence-corrected chi connectivity index (χ4v) is 11.8. The molecule has 1 atom stereocenters. The fraction of sp³-hybridized carbons (Fsp3) is 0.909. The first-order valence-electron chi connectivity index (χ1n) is 37.8. The molecule has 0 radical (unpaired) electrons. The number of carbonyl (C=O) groups is 3. The van der Waals surface area contributed by atoms with Crippen LogP contribution in [0.2, 0.25) is 0 Å². The van der Waals surface area contributed by atoms with Crippen LogP contribution in [0.3, 0.4) is 0 Å². The minimum atomic E-state index is -0.769. The maximum atomic E-state index is 13.0. The van der Waals surface area contributed by atoms with Gasteiger partial charge in [-0.3, -0.25) is 14.4 Å². The van der Waals surface area contributed by atoms with Crippen molar-refractivity contribution in [2.75, 3.05) is 13.2 Å². The Hall–Kier alpha value is -2.11. The first-order valence-corrected chi connectivity index (χ1v) is 37.8. The Morgan fingerprint density at radius 1 is 0.241 bits per heavy atom. The summed E-state index contributed by atoms with van der Waals surface area (Å²) in [6.07, 6.45) is 89.4. The quantitative estimate of drug-likeness (QED) is 0.0261. The van der Waals surface area contributed by atoms with Gasteiger partial charge in [-0.2, -0.15) is 0 Å². The van der Waals surface area contributed by atoms with Crippen molar-refractivity contribution in [1.29, 1.82) is 0 Å². The number of carbonyl (C=O) groups excluding carboxylic acids is 3. The van der Waals surface area contributed by atoms with Crippen LogP contribution in [0, 0.1) is 0 Å². The first kappa shape index (κ1) is 80.9. The second-order valence-corrected chi connectivity index (χ2v) is 25.9. The molecule has 1 unspecified atom stereocenters. The fourth-order valence-electron chi connectivity index (χ4n) is 11.8. The molecular formula is C77H146O6. The van der Waals surface area contributed by atoms with Gasteiger partial charge in [0.05, 0.1) is 0 Å². The minimum absolute atomic E-state index is 0.0651. The van der Waals surface area contributed by atoms with Crippen LogP contribution in [0.1, 0.15) is 432 Å². The monoisotopic (exact) mass is 1170 g/mol. The summed E-state index contributed by atoms with van der Waals surface area (Å²) in [6, 6.07) is 0. The molecule has 0 saturated heterocycles. The third-order valence-corrected chi connectivity index (χ3v) is 17.5. The van der Waals surface area contributed by atoms with Crippen molar-refractivity contribution in [2.24, 2.45) is 0 Å². The lowest BCUT2D eigenvalue weighted by molar-refractivity contribution is -0.167. The maximum Gasteiger partial charge on any atom is 0.306 e. The predicted octanol–water partition coefficient (Wildman–Crippen LogP) is 26.1. The van der Waals surface area contributed by atoms with Gasteiger partial charge in [-0.05, 0) is 51.4 Å². The van der Waals surface area contributed by atoms with Gasteiger partial charge >= 0.3 is 17.9 Å². The summed E-state index contributed by atoms with van der Waals surface area (Å²) in [7, 11) is 0. The average molecular weight is 1170 g/mol. The molecule has 0 N–H and O–H groups in total. The second-order valence-electron chi connectivity index (χ2n) is 25.9. The predicted molar refractivity (Wildman–Crippen MR) is 363 cm³/mol. The summed E-state index contributed by atoms with van der Waals surface area (Å²) in [6.45, 7) is 6.72. The Kier molecular flexibility index (Phi) is 70.5. The molecule has 0 saturated carbocycles. The highest BCUT2D eigenvalue weighted by molar-refractivity contribution is 5.71. The van der Waals surface area contributed by atoms with Crippen molar-refractivity contribution in [2.45, 2.75) is 438 Å². The number of allylic oxidation sites excluding steroid dienone is 4. The lowest BCUT2D eigenvalue weighted by atomic mass is 10.0. The molecule has 0 aromatic rings.